The second-order valence-electron chi connectivity index (χ2n) is 4.73. The number of allylic oxidation sites excluding steroid dienone is 1. The highest BCUT2D eigenvalue weighted by Crippen LogP contribution is 2.21. The van der Waals surface area contributed by atoms with Gasteiger partial charge in [0.1, 0.15) is 5.76 Å². The van der Waals surface area contributed by atoms with Gasteiger partial charge in [-0.1, -0.05) is 37.3 Å². The Morgan fingerprint density at radius 3 is 2.00 bits per heavy atom. The Bertz CT molecular complexity index is 344. The second kappa shape index (κ2) is 5.90. The van der Waals surface area contributed by atoms with E-state index >= 15 is 0 Å². The average molecular weight is 236 g/mol. The zero-order chi connectivity index (χ0) is 11.5. The van der Waals surface area contributed by atoms with Gasteiger partial charge in [0.25, 0.3) is 0 Å². The summed E-state index contributed by atoms with van der Waals surface area (Å²) in [6, 6.07) is 8.47. The number of aryl methyl sites for hydroxylation is 1. The molecule has 1 nitrogen and oxygen atoms in total. The van der Waals surface area contributed by atoms with Gasteiger partial charge in [0.15, 0.2) is 0 Å². The lowest BCUT2D eigenvalue weighted by atomic mass is 10.1. The van der Waals surface area contributed by atoms with E-state index < -0.39 is 8.32 Å². The molecule has 1 aromatic carbocycles. The lowest BCUT2D eigenvalue weighted by Gasteiger charge is -2.22. The molecule has 0 saturated heterocycles. The van der Waals surface area contributed by atoms with E-state index in [-0.39, 0.29) is 7.43 Å². The molecule has 0 atom stereocenters. The van der Waals surface area contributed by atoms with Crippen LogP contribution in [-0.2, 0) is 4.43 Å². The molecule has 1 aromatic rings. The molecule has 2 heteroatoms. The van der Waals surface area contributed by atoms with Crippen LogP contribution in [0.25, 0.3) is 5.76 Å². The van der Waals surface area contributed by atoms with Crippen molar-refractivity contribution in [2.45, 2.75) is 40.9 Å². The molecule has 16 heavy (non-hydrogen) atoms. The Labute approximate surface area is 101 Å². The topological polar surface area (TPSA) is 9.23 Å². The van der Waals surface area contributed by atoms with Gasteiger partial charge in [0, 0.05) is 5.56 Å². The fourth-order valence-corrected chi connectivity index (χ4v) is 2.23. The normalized spacial score (nSPS) is 11.9. The van der Waals surface area contributed by atoms with Crippen LogP contribution in [0.4, 0.5) is 0 Å². The van der Waals surface area contributed by atoms with E-state index in [2.05, 4.69) is 50.8 Å². The van der Waals surface area contributed by atoms with Crippen molar-refractivity contribution in [2.75, 3.05) is 0 Å². The summed E-state index contributed by atoms with van der Waals surface area (Å²) in [5, 5.41) is 0. The lowest BCUT2D eigenvalue weighted by molar-refractivity contribution is 0.513. The molecular weight excluding hydrogens is 212 g/mol. The molecule has 0 heterocycles. The number of rotatable bonds is 3. The van der Waals surface area contributed by atoms with Crippen molar-refractivity contribution in [3.05, 3.63) is 41.5 Å². The van der Waals surface area contributed by atoms with Gasteiger partial charge in [0.2, 0.25) is 8.32 Å². The fraction of sp³-hybridized carbons (Fsp3) is 0.429. The van der Waals surface area contributed by atoms with Crippen LogP contribution < -0.4 is 0 Å². The van der Waals surface area contributed by atoms with Gasteiger partial charge in [-0.05, 0) is 39.6 Å². The Morgan fingerprint density at radius 1 is 1.12 bits per heavy atom. The van der Waals surface area contributed by atoms with E-state index in [4.69, 9.17) is 4.43 Å². The fourth-order valence-electron chi connectivity index (χ4n) is 1.33. The highest BCUT2D eigenvalue weighted by molar-refractivity contribution is 6.70. The van der Waals surface area contributed by atoms with Crippen molar-refractivity contribution in [2.24, 2.45) is 0 Å². The summed E-state index contributed by atoms with van der Waals surface area (Å²) in [5.74, 6) is 1.01. The van der Waals surface area contributed by atoms with Crippen molar-refractivity contribution < 1.29 is 4.43 Å². The quantitative estimate of drug-likeness (QED) is 0.539. The molecule has 0 saturated carbocycles. The summed E-state index contributed by atoms with van der Waals surface area (Å²) in [7, 11) is -1.51. The molecule has 0 N–H and O–H groups in total. The third-order valence-electron chi connectivity index (χ3n) is 2.01. The highest BCUT2D eigenvalue weighted by atomic mass is 28.4. The summed E-state index contributed by atoms with van der Waals surface area (Å²) in [6.07, 6.45) is 2.04. The van der Waals surface area contributed by atoms with Gasteiger partial charge in [-0.3, -0.25) is 0 Å². The van der Waals surface area contributed by atoms with E-state index in [1.807, 2.05) is 13.0 Å². The standard InChI is InChI=1S/C13H20OSi.CH4/c1-6-13(14-15(3,4)5)12-9-7-11(2)8-10-12;/h6-10H,1-5H3;1H4/b13-6-;. The zero-order valence-electron chi connectivity index (χ0n) is 10.3. The van der Waals surface area contributed by atoms with Crippen LogP contribution in [0.3, 0.4) is 0 Å². The molecule has 0 aliphatic carbocycles. The van der Waals surface area contributed by atoms with E-state index in [1.54, 1.807) is 0 Å². The number of hydrogen-bond acceptors (Lipinski definition) is 1. The molecule has 0 amide bonds. The van der Waals surface area contributed by atoms with Crippen molar-refractivity contribution in [1.82, 2.24) is 0 Å². The van der Waals surface area contributed by atoms with Gasteiger partial charge >= 0.3 is 0 Å². The van der Waals surface area contributed by atoms with E-state index in [0.29, 0.717) is 0 Å². The van der Waals surface area contributed by atoms with Crippen molar-refractivity contribution >= 4 is 14.1 Å². The summed E-state index contributed by atoms with van der Waals surface area (Å²) in [6.45, 7) is 10.7. The van der Waals surface area contributed by atoms with E-state index in [0.717, 1.165) is 5.76 Å². The smallest absolute Gasteiger partial charge is 0.242 e. The van der Waals surface area contributed by atoms with Crippen LogP contribution in [-0.4, -0.2) is 8.32 Å². The lowest BCUT2D eigenvalue weighted by Crippen LogP contribution is -2.24. The van der Waals surface area contributed by atoms with Gasteiger partial charge in [-0.15, -0.1) is 0 Å². The van der Waals surface area contributed by atoms with E-state index in [1.165, 1.54) is 11.1 Å². The molecule has 0 bridgehead atoms. The Balaban J connectivity index is 0.00000225. The summed E-state index contributed by atoms with van der Waals surface area (Å²) in [4.78, 5) is 0. The first-order valence-electron chi connectivity index (χ1n) is 5.35. The van der Waals surface area contributed by atoms with Gasteiger partial charge in [0.05, 0.1) is 0 Å². The van der Waals surface area contributed by atoms with Crippen LogP contribution in [0.1, 0.15) is 25.5 Å². The second-order valence-corrected chi connectivity index (χ2v) is 9.16. The van der Waals surface area contributed by atoms with Crippen molar-refractivity contribution in [1.29, 1.82) is 0 Å². The summed E-state index contributed by atoms with van der Waals surface area (Å²) >= 11 is 0. The molecule has 0 spiro atoms. The zero-order valence-corrected chi connectivity index (χ0v) is 11.3. The van der Waals surface area contributed by atoms with Crippen molar-refractivity contribution in [3.8, 4) is 0 Å². The predicted molar refractivity (Wildman–Crippen MR) is 76.0 cm³/mol. The average Bonchev–Trinajstić information content (AvgIpc) is 2.14. The van der Waals surface area contributed by atoms with Crippen LogP contribution in [0.15, 0.2) is 30.3 Å². The molecule has 0 aliphatic rings. The number of benzene rings is 1. The van der Waals surface area contributed by atoms with Crippen LogP contribution >= 0.6 is 0 Å². The minimum Gasteiger partial charge on any atom is -0.544 e. The summed E-state index contributed by atoms with van der Waals surface area (Å²) < 4.78 is 6.01. The maximum absolute atomic E-state index is 6.01. The Hall–Kier alpha value is -1.02. The highest BCUT2D eigenvalue weighted by Gasteiger charge is 2.17. The molecule has 90 valence electrons. The molecule has 1 rings (SSSR count). The maximum atomic E-state index is 6.01. The maximum Gasteiger partial charge on any atom is 0.242 e. The Kier molecular flexibility index (Phi) is 5.52. The SMILES string of the molecule is C.C/C=C(\O[Si](C)(C)C)c1ccc(C)cc1. The van der Waals surface area contributed by atoms with Crippen LogP contribution in [0.2, 0.25) is 19.6 Å². The van der Waals surface area contributed by atoms with Gasteiger partial charge in [-0.2, -0.15) is 0 Å². The molecule has 0 unspecified atom stereocenters. The first-order chi connectivity index (χ1) is 6.92. The molecule has 0 aromatic heterocycles. The monoisotopic (exact) mass is 236 g/mol. The minimum absolute atomic E-state index is 0. The molecule has 0 radical (unpaired) electrons. The van der Waals surface area contributed by atoms with E-state index in [9.17, 15) is 0 Å². The first-order valence-corrected chi connectivity index (χ1v) is 8.75. The van der Waals surface area contributed by atoms with Crippen molar-refractivity contribution in [3.63, 3.8) is 0 Å². The third kappa shape index (κ3) is 4.66. The molecular formula is C14H24OSi. The Morgan fingerprint density at radius 2 is 1.62 bits per heavy atom. The summed E-state index contributed by atoms with van der Waals surface area (Å²) in [5.41, 5.74) is 2.45. The molecule has 0 aliphatic heterocycles. The predicted octanol–water partition coefficient (Wildman–Crippen LogP) is 4.84. The first kappa shape index (κ1) is 15.0. The van der Waals surface area contributed by atoms with Crippen LogP contribution in [0, 0.1) is 6.92 Å². The van der Waals surface area contributed by atoms with Gasteiger partial charge < -0.3 is 4.43 Å². The van der Waals surface area contributed by atoms with Gasteiger partial charge in [-0.25, -0.2) is 0 Å². The minimum atomic E-state index is -1.51. The number of hydrogen-bond donors (Lipinski definition) is 0. The van der Waals surface area contributed by atoms with Crippen LogP contribution in [0.5, 0.6) is 0 Å². The molecule has 0 fully saturated rings. The third-order valence-corrected chi connectivity index (χ3v) is 2.85. The largest absolute Gasteiger partial charge is 0.544 e.